The van der Waals surface area contributed by atoms with E-state index in [1.165, 1.54) is 11.3 Å². The monoisotopic (exact) mass is 408 g/mol. The van der Waals surface area contributed by atoms with Gasteiger partial charge in [0, 0.05) is 23.6 Å². The Balaban J connectivity index is 1.59. The van der Waals surface area contributed by atoms with E-state index in [-0.39, 0.29) is 18.9 Å². The summed E-state index contributed by atoms with van der Waals surface area (Å²) in [7, 11) is 0. The third-order valence-corrected chi connectivity index (χ3v) is 4.43. The van der Waals surface area contributed by atoms with Gasteiger partial charge in [-0.15, -0.1) is 11.3 Å². The van der Waals surface area contributed by atoms with Crippen molar-refractivity contribution in [3.05, 3.63) is 57.2 Å². The van der Waals surface area contributed by atoms with E-state index >= 15 is 0 Å². The summed E-state index contributed by atoms with van der Waals surface area (Å²) in [5.74, 6) is -2.09. The van der Waals surface area contributed by atoms with Crippen LogP contribution < -0.4 is 10.6 Å². The summed E-state index contributed by atoms with van der Waals surface area (Å²) in [4.78, 5) is 47.1. The Bertz CT molecular complexity index is 806. The number of esters is 1. The number of thiophene rings is 1. The summed E-state index contributed by atoms with van der Waals surface area (Å²) in [6.45, 7) is -0.257. The number of nitrogens with one attached hydrogen (secondary N) is 2. The quantitative estimate of drug-likeness (QED) is 0.516. The Hall–Kier alpha value is -2.71. The van der Waals surface area contributed by atoms with Crippen LogP contribution in [0.25, 0.3) is 0 Å². The average molecular weight is 409 g/mol. The lowest BCUT2D eigenvalue weighted by Crippen LogP contribution is -2.33. The Morgan fingerprint density at radius 3 is 2.44 bits per heavy atom. The van der Waals surface area contributed by atoms with Crippen LogP contribution >= 0.6 is 22.9 Å². The van der Waals surface area contributed by atoms with Crippen LogP contribution in [-0.4, -0.2) is 36.8 Å². The molecule has 0 unspecified atom stereocenters. The summed E-state index contributed by atoms with van der Waals surface area (Å²) in [5.41, 5.74) is 0.467. The van der Waals surface area contributed by atoms with Crippen LogP contribution in [0, 0.1) is 0 Å². The van der Waals surface area contributed by atoms with E-state index < -0.39 is 24.4 Å². The first-order valence-electron chi connectivity index (χ1n) is 8.03. The van der Waals surface area contributed by atoms with E-state index in [0.29, 0.717) is 21.9 Å². The molecule has 27 heavy (non-hydrogen) atoms. The summed E-state index contributed by atoms with van der Waals surface area (Å²) >= 11 is 6.95. The van der Waals surface area contributed by atoms with Crippen molar-refractivity contribution >= 4 is 46.6 Å². The largest absolute Gasteiger partial charge is 0.456 e. The molecule has 1 aromatic heterocycles. The van der Waals surface area contributed by atoms with Crippen LogP contribution in [0.3, 0.4) is 0 Å². The van der Waals surface area contributed by atoms with Crippen molar-refractivity contribution in [2.24, 2.45) is 0 Å². The summed E-state index contributed by atoms with van der Waals surface area (Å²) in [5, 5.41) is 7.05. The first-order chi connectivity index (χ1) is 13.0. The van der Waals surface area contributed by atoms with Gasteiger partial charge < -0.3 is 10.1 Å². The van der Waals surface area contributed by atoms with Gasteiger partial charge in [-0.05, 0) is 42.1 Å². The molecule has 7 nitrogen and oxygen atoms in total. The second-order valence-corrected chi connectivity index (χ2v) is 6.77. The van der Waals surface area contributed by atoms with Gasteiger partial charge in [0.05, 0.1) is 4.88 Å². The number of rotatable bonds is 8. The van der Waals surface area contributed by atoms with Crippen molar-refractivity contribution in [1.29, 1.82) is 0 Å². The molecule has 2 aromatic rings. The second-order valence-electron chi connectivity index (χ2n) is 5.38. The first kappa shape index (κ1) is 20.6. The molecule has 0 aliphatic heterocycles. The smallest absolute Gasteiger partial charge is 0.306 e. The Kier molecular flexibility index (Phi) is 7.97. The minimum absolute atomic E-state index is 0.0348. The average Bonchev–Trinajstić information content (AvgIpc) is 3.19. The molecule has 3 amide bonds. The molecule has 0 saturated carbocycles. The molecule has 142 valence electrons. The van der Waals surface area contributed by atoms with E-state index in [0.717, 1.165) is 0 Å². The molecule has 2 N–H and O–H groups in total. The maximum absolute atomic E-state index is 11.9. The van der Waals surface area contributed by atoms with Crippen LogP contribution in [0.2, 0.25) is 5.02 Å². The molecule has 1 heterocycles. The Morgan fingerprint density at radius 2 is 1.78 bits per heavy atom. The minimum atomic E-state index is -0.696. The van der Waals surface area contributed by atoms with Gasteiger partial charge in [0.25, 0.3) is 17.7 Å². The van der Waals surface area contributed by atoms with Crippen molar-refractivity contribution in [1.82, 2.24) is 10.6 Å². The number of imide groups is 1. The van der Waals surface area contributed by atoms with Crippen molar-refractivity contribution in [2.75, 3.05) is 13.2 Å². The van der Waals surface area contributed by atoms with Crippen LogP contribution in [0.5, 0.6) is 0 Å². The molecule has 9 heteroatoms. The maximum Gasteiger partial charge on any atom is 0.306 e. The van der Waals surface area contributed by atoms with E-state index in [4.69, 9.17) is 16.3 Å². The normalized spacial score (nSPS) is 10.1. The fraction of sp³-hybridized carbons (Fsp3) is 0.222. The van der Waals surface area contributed by atoms with Crippen LogP contribution in [-0.2, 0) is 14.3 Å². The fourth-order valence-corrected chi connectivity index (χ4v) is 2.73. The van der Waals surface area contributed by atoms with Gasteiger partial charge in [0.1, 0.15) is 0 Å². The molecule has 0 aliphatic carbocycles. The Labute approximate surface area is 164 Å². The summed E-state index contributed by atoms with van der Waals surface area (Å²) in [6, 6.07) is 9.70. The predicted octanol–water partition coefficient (Wildman–Crippen LogP) is 2.41. The third-order valence-electron chi connectivity index (χ3n) is 3.31. The van der Waals surface area contributed by atoms with Crippen LogP contribution in [0.4, 0.5) is 0 Å². The van der Waals surface area contributed by atoms with Crippen LogP contribution in [0.15, 0.2) is 41.8 Å². The van der Waals surface area contributed by atoms with Gasteiger partial charge in [0.15, 0.2) is 6.61 Å². The number of hydrogen-bond acceptors (Lipinski definition) is 6. The molecular formula is C18H17ClN2O5S. The van der Waals surface area contributed by atoms with Gasteiger partial charge in [-0.3, -0.25) is 24.5 Å². The van der Waals surface area contributed by atoms with Crippen molar-refractivity contribution in [3.8, 4) is 0 Å². The van der Waals surface area contributed by atoms with E-state index in [2.05, 4.69) is 10.6 Å². The highest BCUT2D eigenvalue weighted by molar-refractivity contribution is 7.12. The lowest BCUT2D eigenvalue weighted by molar-refractivity contribution is -0.148. The standard InChI is InChI=1S/C18H17ClN2O5S/c19-13-7-5-12(6-8-13)17(24)20-9-1-4-16(23)26-11-15(22)21-18(25)14-3-2-10-27-14/h2-3,5-8,10H,1,4,9,11H2,(H,20,24)(H,21,22,25). The lowest BCUT2D eigenvalue weighted by atomic mass is 10.2. The number of halogens is 1. The van der Waals surface area contributed by atoms with Gasteiger partial charge >= 0.3 is 5.97 Å². The number of hydrogen-bond donors (Lipinski definition) is 2. The molecule has 0 fully saturated rings. The van der Waals surface area contributed by atoms with E-state index in [1.54, 1.807) is 41.8 Å². The SMILES string of the molecule is O=C(COC(=O)CCCNC(=O)c1ccc(Cl)cc1)NC(=O)c1cccs1. The van der Waals surface area contributed by atoms with Gasteiger partial charge in [-0.1, -0.05) is 17.7 Å². The number of carbonyl (C=O) groups is 4. The molecule has 0 radical (unpaired) electrons. The van der Waals surface area contributed by atoms with Crippen molar-refractivity contribution in [3.63, 3.8) is 0 Å². The van der Waals surface area contributed by atoms with E-state index in [9.17, 15) is 19.2 Å². The molecule has 1 aromatic carbocycles. The summed E-state index contributed by atoms with van der Waals surface area (Å²) < 4.78 is 4.80. The molecular weight excluding hydrogens is 392 g/mol. The van der Waals surface area contributed by atoms with Gasteiger partial charge in [0.2, 0.25) is 0 Å². The number of ether oxygens (including phenoxy) is 1. The molecule has 0 atom stereocenters. The first-order valence-corrected chi connectivity index (χ1v) is 9.28. The zero-order chi connectivity index (χ0) is 19.6. The lowest BCUT2D eigenvalue weighted by Gasteiger charge is -2.06. The zero-order valence-electron chi connectivity index (χ0n) is 14.2. The minimum Gasteiger partial charge on any atom is -0.456 e. The molecule has 0 spiro atoms. The Morgan fingerprint density at radius 1 is 1.04 bits per heavy atom. The molecule has 0 saturated heterocycles. The van der Waals surface area contributed by atoms with Crippen molar-refractivity contribution in [2.45, 2.75) is 12.8 Å². The third kappa shape index (κ3) is 7.20. The van der Waals surface area contributed by atoms with Gasteiger partial charge in [-0.2, -0.15) is 0 Å². The highest BCUT2D eigenvalue weighted by Crippen LogP contribution is 2.09. The van der Waals surface area contributed by atoms with E-state index in [1.807, 2.05) is 0 Å². The summed E-state index contributed by atoms with van der Waals surface area (Å²) in [6.07, 6.45) is 0.390. The predicted molar refractivity (Wildman–Crippen MR) is 101 cm³/mol. The number of benzene rings is 1. The molecule has 0 bridgehead atoms. The fourth-order valence-electron chi connectivity index (χ4n) is 1.99. The highest BCUT2D eigenvalue weighted by atomic mass is 35.5. The van der Waals surface area contributed by atoms with Crippen molar-refractivity contribution < 1.29 is 23.9 Å². The number of amides is 3. The zero-order valence-corrected chi connectivity index (χ0v) is 15.8. The molecule has 0 aliphatic rings. The number of carbonyl (C=O) groups excluding carboxylic acids is 4. The second kappa shape index (κ2) is 10.4. The highest BCUT2D eigenvalue weighted by Gasteiger charge is 2.13. The van der Waals surface area contributed by atoms with Crippen LogP contribution in [0.1, 0.15) is 32.9 Å². The molecule has 2 rings (SSSR count). The van der Waals surface area contributed by atoms with Gasteiger partial charge in [-0.25, -0.2) is 0 Å². The topological polar surface area (TPSA) is 102 Å². The maximum atomic E-state index is 11.9.